The first-order chi connectivity index (χ1) is 4.12. The van der Waals surface area contributed by atoms with Crippen molar-refractivity contribution in [3.63, 3.8) is 0 Å². The Kier molecular flexibility index (Phi) is 4.31. The van der Waals surface area contributed by atoms with Gasteiger partial charge in [-0.15, -0.1) is 0 Å². The van der Waals surface area contributed by atoms with Crippen molar-refractivity contribution in [2.24, 2.45) is 5.90 Å². The van der Waals surface area contributed by atoms with Gasteiger partial charge in [0.1, 0.15) is 0 Å². The molecule has 0 aliphatic carbocycles. The molecule has 56 valence electrons. The first kappa shape index (κ1) is 9.30. The second-order valence-electron chi connectivity index (χ2n) is 1.44. The molecule has 0 aromatic heterocycles. The van der Waals surface area contributed by atoms with E-state index in [0.29, 0.717) is 6.16 Å². The maximum Gasteiger partial charge on any atom is 0.296 e. The minimum absolute atomic E-state index is 0.216. The SMILES string of the molecule is CCCPS(=O)(=O)ON. The van der Waals surface area contributed by atoms with Crippen LogP contribution in [0.25, 0.3) is 0 Å². The Labute approximate surface area is 56.4 Å². The van der Waals surface area contributed by atoms with Gasteiger partial charge in [-0.1, -0.05) is 13.3 Å². The predicted octanol–water partition coefficient (Wildman–Crippen LogP) is 0.210. The quantitative estimate of drug-likeness (QED) is 0.485. The van der Waals surface area contributed by atoms with Gasteiger partial charge >= 0.3 is 0 Å². The predicted molar refractivity (Wildman–Crippen MR) is 37.7 cm³/mol. The summed E-state index contributed by atoms with van der Waals surface area (Å²) in [7, 11) is -3.59. The maximum atomic E-state index is 10.4. The Bertz CT molecular complexity index is 154. The van der Waals surface area contributed by atoms with E-state index in [0.717, 1.165) is 6.42 Å². The van der Waals surface area contributed by atoms with Gasteiger partial charge < -0.3 is 0 Å². The average molecular weight is 171 g/mol. The van der Waals surface area contributed by atoms with E-state index in [9.17, 15) is 8.42 Å². The zero-order chi connectivity index (χ0) is 7.33. The standard InChI is InChI=1S/C3H10NO3PS/c1-2-3-8-9(5,6)7-4/h8H,2-4H2,1H3. The van der Waals surface area contributed by atoms with Crippen molar-refractivity contribution >= 4 is 17.5 Å². The van der Waals surface area contributed by atoms with E-state index in [1.165, 1.54) is 0 Å². The molecule has 1 atom stereocenters. The van der Waals surface area contributed by atoms with Crippen molar-refractivity contribution in [2.75, 3.05) is 6.16 Å². The fourth-order valence-corrected chi connectivity index (χ4v) is 2.35. The monoisotopic (exact) mass is 171 g/mol. The van der Waals surface area contributed by atoms with E-state index in [1.807, 2.05) is 6.92 Å². The van der Waals surface area contributed by atoms with Gasteiger partial charge in [-0.05, 0) is 6.16 Å². The van der Waals surface area contributed by atoms with Crippen LogP contribution < -0.4 is 5.90 Å². The third-order valence-corrected chi connectivity index (χ3v) is 3.93. The Morgan fingerprint density at radius 2 is 2.22 bits per heavy atom. The molecule has 4 nitrogen and oxygen atoms in total. The molecule has 0 saturated heterocycles. The van der Waals surface area contributed by atoms with Crippen LogP contribution in [0.3, 0.4) is 0 Å². The normalized spacial score (nSPS) is 13.1. The van der Waals surface area contributed by atoms with Crippen LogP contribution in [-0.2, 0) is 14.0 Å². The molecule has 0 aromatic carbocycles. The first-order valence-corrected chi connectivity index (χ1v) is 5.84. The van der Waals surface area contributed by atoms with E-state index < -0.39 is 9.74 Å². The molecular formula is C3H10NO3PS. The lowest BCUT2D eigenvalue weighted by Gasteiger charge is -1.96. The molecule has 9 heavy (non-hydrogen) atoms. The maximum absolute atomic E-state index is 10.4. The Hall–Kier alpha value is 0.300. The lowest BCUT2D eigenvalue weighted by molar-refractivity contribution is 0.345. The zero-order valence-electron chi connectivity index (χ0n) is 5.12. The third-order valence-electron chi connectivity index (χ3n) is 0.656. The van der Waals surface area contributed by atoms with Crippen LogP contribution in [0.2, 0.25) is 0 Å². The van der Waals surface area contributed by atoms with Gasteiger partial charge in [-0.2, -0.15) is 18.6 Å². The van der Waals surface area contributed by atoms with Gasteiger partial charge in [0.2, 0.25) is 0 Å². The summed E-state index contributed by atoms with van der Waals surface area (Å²) < 4.78 is 24.6. The Balaban J connectivity index is 3.61. The summed E-state index contributed by atoms with van der Waals surface area (Å²) in [5.74, 6) is 4.47. The lowest BCUT2D eigenvalue weighted by Crippen LogP contribution is -2.05. The van der Waals surface area contributed by atoms with E-state index >= 15 is 0 Å². The topological polar surface area (TPSA) is 69.4 Å². The summed E-state index contributed by atoms with van der Waals surface area (Å²) in [6.07, 6.45) is 1.46. The summed E-state index contributed by atoms with van der Waals surface area (Å²) in [6.45, 7) is 1.90. The molecule has 1 unspecified atom stereocenters. The lowest BCUT2D eigenvalue weighted by atomic mass is 10.6. The van der Waals surface area contributed by atoms with Crippen molar-refractivity contribution in [3.05, 3.63) is 0 Å². The minimum atomic E-state index is -3.38. The molecule has 6 heteroatoms. The third kappa shape index (κ3) is 4.78. The molecule has 0 heterocycles. The van der Waals surface area contributed by atoms with Gasteiger partial charge in [0.05, 0.1) is 0 Å². The number of hydrogen-bond donors (Lipinski definition) is 1. The second-order valence-corrected chi connectivity index (χ2v) is 5.70. The second kappa shape index (κ2) is 4.17. The van der Waals surface area contributed by atoms with Crippen LogP contribution in [0.5, 0.6) is 0 Å². The molecule has 0 amide bonds. The fraction of sp³-hybridized carbons (Fsp3) is 1.00. The van der Waals surface area contributed by atoms with E-state index in [4.69, 9.17) is 0 Å². The molecule has 2 N–H and O–H groups in total. The van der Waals surface area contributed by atoms with E-state index in [-0.39, 0.29) is 7.78 Å². The number of rotatable bonds is 4. The van der Waals surface area contributed by atoms with Crippen LogP contribution in [0.4, 0.5) is 0 Å². The van der Waals surface area contributed by atoms with Crippen molar-refractivity contribution in [1.82, 2.24) is 0 Å². The molecular weight excluding hydrogens is 161 g/mol. The van der Waals surface area contributed by atoms with Crippen molar-refractivity contribution in [1.29, 1.82) is 0 Å². The highest BCUT2D eigenvalue weighted by molar-refractivity contribution is 8.40. The number of hydrogen-bond acceptors (Lipinski definition) is 4. The molecule has 0 bridgehead atoms. The van der Waals surface area contributed by atoms with Crippen molar-refractivity contribution in [2.45, 2.75) is 13.3 Å². The highest BCUT2D eigenvalue weighted by Crippen LogP contribution is 2.20. The van der Waals surface area contributed by atoms with E-state index in [2.05, 4.69) is 10.2 Å². The fourth-order valence-electron chi connectivity index (χ4n) is 0.261. The van der Waals surface area contributed by atoms with Gasteiger partial charge in [0.15, 0.2) is 0 Å². The largest absolute Gasteiger partial charge is 0.296 e. The van der Waals surface area contributed by atoms with Crippen LogP contribution in [0.15, 0.2) is 0 Å². The molecule has 0 rings (SSSR count). The first-order valence-electron chi connectivity index (χ1n) is 2.50. The van der Waals surface area contributed by atoms with E-state index in [1.54, 1.807) is 0 Å². The molecule has 0 fully saturated rings. The summed E-state index contributed by atoms with van der Waals surface area (Å²) >= 11 is 0. The van der Waals surface area contributed by atoms with Gasteiger partial charge in [0, 0.05) is 7.78 Å². The molecule has 0 spiro atoms. The molecule has 0 aliphatic heterocycles. The summed E-state index contributed by atoms with van der Waals surface area (Å²) in [4.78, 5) is 0. The van der Waals surface area contributed by atoms with Crippen LogP contribution in [0, 0.1) is 0 Å². The highest BCUT2D eigenvalue weighted by Gasteiger charge is 2.06. The van der Waals surface area contributed by atoms with Gasteiger partial charge in [-0.25, -0.2) is 0 Å². The minimum Gasteiger partial charge on any atom is -0.197 e. The number of nitrogens with two attached hydrogens (primary N) is 1. The Morgan fingerprint density at radius 1 is 1.67 bits per heavy atom. The van der Waals surface area contributed by atoms with Gasteiger partial charge in [-0.3, -0.25) is 0 Å². The van der Waals surface area contributed by atoms with Crippen LogP contribution >= 0.6 is 7.78 Å². The summed E-state index contributed by atoms with van der Waals surface area (Å²) in [5.41, 5.74) is 0. The zero-order valence-corrected chi connectivity index (χ0v) is 6.94. The highest BCUT2D eigenvalue weighted by atomic mass is 32.8. The summed E-state index contributed by atoms with van der Waals surface area (Å²) in [5, 5.41) is 0. The Morgan fingerprint density at radius 3 is 2.56 bits per heavy atom. The molecule has 0 saturated carbocycles. The van der Waals surface area contributed by atoms with Crippen LogP contribution in [0.1, 0.15) is 13.3 Å². The van der Waals surface area contributed by atoms with Crippen molar-refractivity contribution < 1.29 is 12.7 Å². The molecule has 0 radical (unpaired) electrons. The smallest absolute Gasteiger partial charge is 0.197 e. The van der Waals surface area contributed by atoms with Gasteiger partial charge in [0.25, 0.3) is 9.74 Å². The summed E-state index contributed by atoms with van der Waals surface area (Å²) in [6, 6.07) is 0. The molecule has 0 aromatic rings. The van der Waals surface area contributed by atoms with Crippen molar-refractivity contribution in [3.8, 4) is 0 Å². The molecule has 0 aliphatic rings. The van der Waals surface area contributed by atoms with Crippen LogP contribution in [-0.4, -0.2) is 14.6 Å². The average Bonchev–Trinajstić information content (AvgIpc) is 1.84.